The first kappa shape index (κ1) is 15.6. The summed E-state index contributed by atoms with van der Waals surface area (Å²) in [6.45, 7) is 8.01. The zero-order chi connectivity index (χ0) is 15.7. The maximum absolute atomic E-state index is 5.45. The first-order chi connectivity index (χ1) is 10.4. The van der Waals surface area contributed by atoms with E-state index in [4.69, 9.17) is 4.52 Å². The van der Waals surface area contributed by atoms with Crippen molar-refractivity contribution in [2.24, 2.45) is 7.05 Å². The van der Waals surface area contributed by atoms with E-state index in [1.807, 2.05) is 29.7 Å². The minimum atomic E-state index is -0.0811. The van der Waals surface area contributed by atoms with Gasteiger partial charge >= 0.3 is 0 Å². The van der Waals surface area contributed by atoms with Gasteiger partial charge in [-0.05, 0) is 0 Å². The van der Waals surface area contributed by atoms with Crippen LogP contribution < -0.4 is 0 Å². The predicted molar refractivity (Wildman–Crippen MR) is 86.7 cm³/mol. The fraction of sp³-hybridized carbons (Fsp3) is 0.667. The van der Waals surface area contributed by atoms with Gasteiger partial charge in [0.1, 0.15) is 0 Å². The quantitative estimate of drug-likeness (QED) is 0.865. The highest BCUT2D eigenvalue weighted by atomic mass is 32.2. The van der Waals surface area contributed by atoms with Crippen LogP contribution in [0.15, 0.2) is 16.9 Å². The Bertz CT molecular complexity index is 630. The van der Waals surface area contributed by atoms with Gasteiger partial charge in [0.15, 0.2) is 5.82 Å². The monoisotopic (exact) mass is 321 g/mol. The number of aromatic nitrogens is 4. The lowest BCUT2D eigenvalue weighted by Gasteiger charge is -2.33. The second-order valence-electron chi connectivity index (χ2n) is 6.77. The Morgan fingerprint density at radius 2 is 2.23 bits per heavy atom. The topological polar surface area (TPSA) is 60.0 Å². The van der Waals surface area contributed by atoms with Crippen LogP contribution in [0.25, 0.3) is 0 Å². The normalized spacial score (nSPS) is 20.5. The van der Waals surface area contributed by atoms with Crippen LogP contribution in [-0.2, 0) is 19.0 Å². The van der Waals surface area contributed by atoms with Gasteiger partial charge in [-0.2, -0.15) is 21.8 Å². The van der Waals surface area contributed by atoms with Crippen molar-refractivity contribution in [3.63, 3.8) is 0 Å². The fourth-order valence-corrected chi connectivity index (χ4v) is 3.70. The molecular formula is C15H23N5OS. The highest BCUT2D eigenvalue weighted by Crippen LogP contribution is 2.30. The Labute approximate surface area is 135 Å². The van der Waals surface area contributed by atoms with Gasteiger partial charge in [-0.3, -0.25) is 9.58 Å². The van der Waals surface area contributed by atoms with Crippen LogP contribution in [-0.4, -0.2) is 42.9 Å². The zero-order valence-electron chi connectivity index (χ0n) is 13.6. The van der Waals surface area contributed by atoms with E-state index >= 15 is 0 Å². The summed E-state index contributed by atoms with van der Waals surface area (Å²) in [7, 11) is 1.96. The summed E-state index contributed by atoms with van der Waals surface area (Å²) in [4.78, 5) is 6.97. The van der Waals surface area contributed by atoms with Gasteiger partial charge in [0.25, 0.3) is 0 Å². The predicted octanol–water partition coefficient (Wildman–Crippen LogP) is 2.39. The molecule has 1 aliphatic heterocycles. The van der Waals surface area contributed by atoms with Gasteiger partial charge in [-0.25, -0.2) is 0 Å². The van der Waals surface area contributed by atoms with E-state index in [0.29, 0.717) is 18.5 Å². The minimum absolute atomic E-state index is 0.0811. The van der Waals surface area contributed by atoms with Crippen molar-refractivity contribution in [3.05, 3.63) is 29.7 Å². The molecule has 3 rings (SSSR count). The minimum Gasteiger partial charge on any atom is -0.338 e. The standard InChI is InChI=1S/C15H23N5OS/c1-15(2,3)14-17-13(21-18-14)9-20-5-6-22-10-12(20)11-7-16-19(4)8-11/h7-8,12H,5-6,9-10H2,1-4H3. The Balaban J connectivity index is 1.75. The van der Waals surface area contributed by atoms with E-state index in [1.54, 1.807) is 0 Å². The second-order valence-corrected chi connectivity index (χ2v) is 7.92. The van der Waals surface area contributed by atoms with Gasteiger partial charge in [0.2, 0.25) is 5.89 Å². The molecule has 0 aromatic carbocycles. The van der Waals surface area contributed by atoms with Crippen molar-refractivity contribution in [1.82, 2.24) is 24.8 Å². The molecule has 1 atom stereocenters. The van der Waals surface area contributed by atoms with Crippen LogP contribution >= 0.6 is 11.8 Å². The molecule has 1 aliphatic rings. The first-order valence-electron chi connectivity index (χ1n) is 7.57. The van der Waals surface area contributed by atoms with Crippen molar-refractivity contribution in [1.29, 1.82) is 0 Å². The van der Waals surface area contributed by atoms with Crippen molar-refractivity contribution in [3.8, 4) is 0 Å². The number of hydrogen-bond donors (Lipinski definition) is 0. The number of rotatable bonds is 3. The summed E-state index contributed by atoms with van der Waals surface area (Å²) in [5.74, 6) is 3.68. The molecule has 120 valence electrons. The maximum atomic E-state index is 5.45. The van der Waals surface area contributed by atoms with Gasteiger partial charge in [0.05, 0.1) is 12.7 Å². The SMILES string of the molecule is Cn1cc(C2CSCCN2Cc2nc(C(C)(C)C)no2)cn1. The number of aryl methyl sites for hydroxylation is 1. The average Bonchev–Trinajstić information content (AvgIpc) is 3.08. The van der Waals surface area contributed by atoms with Crippen molar-refractivity contribution in [2.75, 3.05) is 18.1 Å². The van der Waals surface area contributed by atoms with Crippen molar-refractivity contribution < 1.29 is 4.52 Å². The summed E-state index contributed by atoms with van der Waals surface area (Å²) in [5.41, 5.74) is 1.17. The highest BCUT2D eigenvalue weighted by Gasteiger charge is 2.28. The molecule has 2 aromatic rings. The molecule has 0 radical (unpaired) electrons. The largest absolute Gasteiger partial charge is 0.338 e. The molecule has 6 nitrogen and oxygen atoms in total. The average molecular weight is 321 g/mol. The number of thioether (sulfide) groups is 1. The molecule has 0 spiro atoms. The first-order valence-corrected chi connectivity index (χ1v) is 8.72. The molecule has 0 aliphatic carbocycles. The molecule has 22 heavy (non-hydrogen) atoms. The van der Waals surface area contributed by atoms with Gasteiger partial charge in [-0.15, -0.1) is 0 Å². The lowest BCUT2D eigenvalue weighted by atomic mass is 9.96. The Morgan fingerprint density at radius 1 is 1.41 bits per heavy atom. The summed E-state index contributed by atoms with van der Waals surface area (Å²) >= 11 is 1.99. The van der Waals surface area contributed by atoms with Crippen LogP contribution in [0.2, 0.25) is 0 Å². The Kier molecular flexibility index (Phi) is 4.27. The van der Waals surface area contributed by atoms with Crippen LogP contribution in [0.5, 0.6) is 0 Å². The van der Waals surface area contributed by atoms with Gasteiger partial charge < -0.3 is 4.52 Å². The molecule has 1 fully saturated rings. The smallest absolute Gasteiger partial charge is 0.240 e. The fourth-order valence-electron chi connectivity index (χ4n) is 2.54. The Morgan fingerprint density at radius 3 is 2.86 bits per heavy atom. The number of nitrogens with zero attached hydrogens (tertiary/aromatic N) is 5. The third-order valence-corrected chi connectivity index (χ3v) is 4.85. The molecule has 3 heterocycles. The molecule has 0 amide bonds. The number of hydrogen-bond acceptors (Lipinski definition) is 6. The third-order valence-electron chi connectivity index (χ3n) is 3.83. The van der Waals surface area contributed by atoms with E-state index in [9.17, 15) is 0 Å². The van der Waals surface area contributed by atoms with E-state index in [2.05, 4.69) is 47.1 Å². The van der Waals surface area contributed by atoms with Crippen LogP contribution in [0.4, 0.5) is 0 Å². The Hall–Kier alpha value is -1.34. The molecule has 0 saturated carbocycles. The van der Waals surface area contributed by atoms with E-state index in [0.717, 1.165) is 23.9 Å². The molecule has 2 aromatic heterocycles. The van der Waals surface area contributed by atoms with Crippen molar-refractivity contribution in [2.45, 2.75) is 38.8 Å². The van der Waals surface area contributed by atoms with E-state index < -0.39 is 0 Å². The highest BCUT2D eigenvalue weighted by molar-refractivity contribution is 7.99. The molecule has 1 unspecified atom stereocenters. The lowest BCUT2D eigenvalue weighted by Crippen LogP contribution is -2.35. The summed E-state index contributed by atoms with van der Waals surface area (Å²) in [5, 5.41) is 8.42. The molecule has 1 saturated heterocycles. The van der Waals surface area contributed by atoms with E-state index in [1.165, 1.54) is 5.56 Å². The lowest BCUT2D eigenvalue weighted by molar-refractivity contribution is 0.183. The van der Waals surface area contributed by atoms with E-state index in [-0.39, 0.29) is 5.41 Å². The molecular weight excluding hydrogens is 298 g/mol. The summed E-state index contributed by atoms with van der Waals surface area (Å²) < 4.78 is 7.31. The summed E-state index contributed by atoms with van der Waals surface area (Å²) in [6.07, 6.45) is 4.05. The summed E-state index contributed by atoms with van der Waals surface area (Å²) in [6, 6.07) is 0.359. The van der Waals surface area contributed by atoms with Crippen LogP contribution in [0.3, 0.4) is 0 Å². The molecule has 0 bridgehead atoms. The molecule has 0 N–H and O–H groups in total. The van der Waals surface area contributed by atoms with Crippen LogP contribution in [0.1, 0.15) is 44.1 Å². The maximum Gasteiger partial charge on any atom is 0.240 e. The van der Waals surface area contributed by atoms with Crippen LogP contribution in [0, 0.1) is 0 Å². The zero-order valence-corrected chi connectivity index (χ0v) is 14.4. The van der Waals surface area contributed by atoms with Gasteiger partial charge in [-0.1, -0.05) is 25.9 Å². The van der Waals surface area contributed by atoms with Gasteiger partial charge in [0, 0.05) is 48.3 Å². The molecule has 7 heteroatoms. The second kappa shape index (κ2) is 6.04. The third kappa shape index (κ3) is 3.35. The van der Waals surface area contributed by atoms with Crippen molar-refractivity contribution >= 4 is 11.8 Å².